The topological polar surface area (TPSA) is 127 Å². The normalized spacial score (nSPS) is 32.7. The Morgan fingerprint density at radius 1 is 1.41 bits per heavy atom. The second-order valence-corrected chi connectivity index (χ2v) is 13.2. The van der Waals surface area contributed by atoms with Crippen molar-refractivity contribution in [3.05, 3.63) is 18.1 Å². The number of aliphatic hydroxyl groups is 3. The summed E-state index contributed by atoms with van der Waals surface area (Å²) in [7, 11) is -1.61. The van der Waals surface area contributed by atoms with Crippen LogP contribution in [0.1, 0.15) is 18.2 Å². The molecule has 1 aliphatic carbocycles. The maximum atomic E-state index is 10.7. The third-order valence-electron chi connectivity index (χ3n) is 5.22. The van der Waals surface area contributed by atoms with Gasteiger partial charge in [0.2, 0.25) is 0 Å². The molecule has 0 aromatic carbocycles. The van der Waals surface area contributed by atoms with Crippen LogP contribution < -0.4 is 5.73 Å². The highest BCUT2D eigenvalue weighted by Crippen LogP contribution is 2.57. The Morgan fingerprint density at radius 3 is 2.81 bits per heavy atom. The van der Waals surface area contributed by atoms with Crippen molar-refractivity contribution in [1.82, 2.24) is 14.5 Å². The Kier molecular flexibility index (Phi) is 4.10. The minimum atomic E-state index is -1.61. The van der Waals surface area contributed by atoms with Crippen LogP contribution in [0.3, 0.4) is 0 Å². The maximum absolute atomic E-state index is 10.7. The lowest BCUT2D eigenvalue weighted by atomic mass is 10.0. The number of nitrogens with zero attached hydrogens (tertiary/aromatic N) is 3. The lowest BCUT2D eigenvalue weighted by Gasteiger charge is -2.36. The van der Waals surface area contributed by atoms with Crippen LogP contribution in [0.15, 0.2) is 12.5 Å². The molecule has 1 unspecified atom stereocenters. The van der Waals surface area contributed by atoms with E-state index < -0.39 is 32.1 Å². The SMILES string of the molecule is C[Si](C)(C)C#Cc1cn(C2O[C@H](CO)[C@@H](O)[C@]3(O)C[C@@H]23)c2ncnc(N)c12. The van der Waals surface area contributed by atoms with Crippen LogP contribution in [0.2, 0.25) is 19.6 Å². The van der Waals surface area contributed by atoms with Crippen molar-refractivity contribution in [2.75, 3.05) is 12.3 Å². The van der Waals surface area contributed by atoms with Crippen molar-refractivity contribution in [3.63, 3.8) is 0 Å². The predicted octanol–water partition coefficient (Wildman–Crippen LogP) is 0.244. The first-order valence-corrected chi connectivity index (χ1v) is 12.5. The molecule has 4 rings (SSSR count). The second kappa shape index (κ2) is 6.02. The molecule has 1 saturated carbocycles. The van der Waals surface area contributed by atoms with E-state index in [4.69, 9.17) is 10.5 Å². The molecule has 1 saturated heterocycles. The number of nitrogens with two attached hydrogens (primary N) is 1. The summed E-state index contributed by atoms with van der Waals surface area (Å²) in [6.07, 6.45) is 1.03. The average Bonchev–Trinajstić information content (AvgIpc) is 3.16. The average molecular weight is 389 g/mol. The van der Waals surface area contributed by atoms with E-state index in [1.807, 2.05) is 6.20 Å². The Hall–Kier alpha value is -1.96. The molecule has 3 heterocycles. The molecule has 0 bridgehead atoms. The Labute approximate surface area is 158 Å². The van der Waals surface area contributed by atoms with E-state index in [-0.39, 0.29) is 12.5 Å². The number of nitrogen functional groups attached to an aromatic ring is 1. The molecule has 5 N–H and O–H groups in total. The summed E-state index contributed by atoms with van der Waals surface area (Å²) < 4.78 is 7.71. The molecule has 9 heteroatoms. The lowest BCUT2D eigenvalue weighted by molar-refractivity contribution is -0.204. The number of rotatable bonds is 2. The number of hydrogen-bond donors (Lipinski definition) is 4. The van der Waals surface area contributed by atoms with Gasteiger partial charge in [-0.15, -0.1) is 5.54 Å². The van der Waals surface area contributed by atoms with Crippen LogP contribution in [0.5, 0.6) is 0 Å². The van der Waals surface area contributed by atoms with E-state index in [2.05, 4.69) is 41.1 Å². The molecule has 144 valence electrons. The number of anilines is 1. The van der Waals surface area contributed by atoms with Crippen molar-refractivity contribution >= 4 is 24.9 Å². The van der Waals surface area contributed by atoms with Crippen LogP contribution in [0, 0.1) is 17.4 Å². The Morgan fingerprint density at radius 2 is 2.15 bits per heavy atom. The fourth-order valence-corrected chi connectivity index (χ4v) is 4.22. The highest BCUT2D eigenvalue weighted by atomic mass is 28.3. The van der Waals surface area contributed by atoms with Crippen molar-refractivity contribution in [2.45, 2.75) is 50.1 Å². The van der Waals surface area contributed by atoms with E-state index in [1.54, 1.807) is 4.57 Å². The molecule has 2 aromatic heterocycles. The molecule has 8 nitrogen and oxygen atoms in total. The second-order valence-electron chi connectivity index (χ2n) is 8.40. The quantitative estimate of drug-likeness (QED) is 0.429. The number of hydrogen-bond acceptors (Lipinski definition) is 7. The first-order chi connectivity index (χ1) is 12.7. The summed E-state index contributed by atoms with van der Waals surface area (Å²) in [4.78, 5) is 8.44. The molecule has 2 aromatic rings. The minimum absolute atomic E-state index is 0.292. The van der Waals surface area contributed by atoms with Gasteiger partial charge in [-0.2, -0.15) is 0 Å². The first-order valence-electron chi connectivity index (χ1n) is 8.96. The van der Waals surface area contributed by atoms with Crippen molar-refractivity contribution in [2.24, 2.45) is 5.92 Å². The van der Waals surface area contributed by atoms with E-state index in [9.17, 15) is 15.3 Å². The van der Waals surface area contributed by atoms with Gasteiger partial charge in [0, 0.05) is 12.1 Å². The van der Waals surface area contributed by atoms with E-state index in [1.165, 1.54) is 6.33 Å². The zero-order valence-corrected chi connectivity index (χ0v) is 16.5. The van der Waals surface area contributed by atoms with Crippen molar-refractivity contribution in [3.8, 4) is 11.5 Å². The highest BCUT2D eigenvalue weighted by Gasteiger charge is 2.67. The van der Waals surface area contributed by atoms with Gasteiger partial charge in [-0.1, -0.05) is 25.6 Å². The fraction of sp³-hybridized carbons (Fsp3) is 0.556. The highest BCUT2D eigenvalue weighted by molar-refractivity contribution is 6.83. The molecular formula is C18H24N4O4Si. The molecule has 2 aliphatic rings. The van der Waals surface area contributed by atoms with Crippen LogP contribution in [-0.4, -0.2) is 62.3 Å². The third-order valence-corrected chi connectivity index (χ3v) is 6.09. The zero-order chi connectivity index (χ0) is 19.6. The van der Waals surface area contributed by atoms with E-state index >= 15 is 0 Å². The van der Waals surface area contributed by atoms with Gasteiger partial charge >= 0.3 is 0 Å². The molecule has 0 radical (unpaired) electrons. The molecule has 0 amide bonds. The van der Waals surface area contributed by atoms with Crippen molar-refractivity contribution < 1.29 is 20.1 Å². The van der Waals surface area contributed by atoms with Crippen LogP contribution in [0.4, 0.5) is 5.82 Å². The number of fused-ring (bicyclic) bond motifs is 2. The molecule has 0 spiro atoms. The summed E-state index contributed by atoms with van der Waals surface area (Å²) in [5.41, 5.74) is 9.44. The lowest BCUT2D eigenvalue weighted by Crippen LogP contribution is -2.50. The van der Waals surface area contributed by atoms with Crippen molar-refractivity contribution in [1.29, 1.82) is 0 Å². The fourth-order valence-electron chi connectivity index (χ4n) is 3.71. The summed E-state index contributed by atoms with van der Waals surface area (Å²) in [6.45, 7) is 6.08. The van der Waals surface area contributed by atoms with Gasteiger partial charge in [0.15, 0.2) is 0 Å². The van der Waals surface area contributed by atoms with Gasteiger partial charge in [0.25, 0.3) is 0 Å². The van der Waals surface area contributed by atoms with Gasteiger partial charge in [-0.25, -0.2) is 9.97 Å². The first kappa shape index (κ1) is 18.4. The largest absolute Gasteiger partial charge is 0.394 e. The number of aromatic nitrogens is 3. The van der Waals surface area contributed by atoms with Crippen LogP contribution >= 0.6 is 0 Å². The van der Waals surface area contributed by atoms with Gasteiger partial charge < -0.3 is 30.4 Å². The monoisotopic (exact) mass is 388 g/mol. The van der Waals surface area contributed by atoms with Gasteiger partial charge in [0.1, 0.15) is 49.9 Å². The van der Waals surface area contributed by atoms with Gasteiger partial charge in [-0.05, 0) is 6.42 Å². The summed E-state index contributed by atoms with van der Waals surface area (Å²) in [6, 6.07) is 0. The Balaban J connectivity index is 1.83. The molecule has 5 atom stereocenters. The van der Waals surface area contributed by atoms with Crippen LogP contribution in [0.25, 0.3) is 11.0 Å². The summed E-state index contributed by atoms with van der Waals surface area (Å²) in [5, 5.41) is 31.1. The molecule has 1 aliphatic heterocycles. The van der Waals surface area contributed by atoms with E-state index in [0.717, 1.165) is 0 Å². The van der Waals surface area contributed by atoms with Crippen LogP contribution in [-0.2, 0) is 4.74 Å². The smallest absolute Gasteiger partial charge is 0.148 e. The zero-order valence-electron chi connectivity index (χ0n) is 15.5. The standard InChI is InChI=1S/C18H24N4O4Si/c1-27(2,3)5-4-10-7-22(16-13(10)15(19)20-9-21-16)17-11-6-18(11,25)14(24)12(8-23)26-17/h7,9,11-12,14,17,23-25H,6,8H2,1-3H3,(H2,19,20,21)/t11-,12+,14+,17?,18-/m0/s1. The minimum Gasteiger partial charge on any atom is -0.394 e. The molecule has 27 heavy (non-hydrogen) atoms. The Bertz CT molecular complexity index is 960. The third kappa shape index (κ3) is 2.94. The molecular weight excluding hydrogens is 364 g/mol. The number of aliphatic hydroxyl groups excluding tert-OH is 2. The van der Waals surface area contributed by atoms with Gasteiger partial charge in [-0.3, -0.25) is 0 Å². The summed E-state index contributed by atoms with van der Waals surface area (Å²) >= 11 is 0. The molecule has 2 fully saturated rings. The maximum Gasteiger partial charge on any atom is 0.148 e. The van der Waals surface area contributed by atoms with Gasteiger partial charge in [0.05, 0.1) is 17.6 Å². The van der Waals surface area contributed by atoms with E-state index in [0.29, 0.717) is 28.8 Å². The predicted molar refractivity (Wildman–Crippen MR) is 102 cm³/mol. The number of ether oxygens (including phenoxy) is 1. The summed E-state index contributed by atoms with van der Waals surface area (Å²) in [5.74, 6) is 3.25.